The lowest BCUT2D eigenvalue weighted by Crippen LogP contribution is -2.47. The predicted molar refractivity (Wildman–Crippen MR) is 73.5 cm³/mol. The van der Waals surface area contributed by atoms with E-state index in [1.807, 2.05) is 0 Å². The van der Waals surface area contributed by atoms with Gasteiger partial charge in [-0.2, -0.15) is 0 Å². The van der Waals surface area contributed by atoms with Gasteiger partial charge in [0.15, 0.2) is 0 Å². The summed E-state index contributed by atoms with van der Waals surface area (Å²) in [5.41, 5.74) is 2.84. The van der Waals surface area contributed by atoms with Gasteiger partial charge in [0.25, 0.3) is 0 Å². The molecule has 1 N–H and O–H groups in total. The van der Waals surface area contributed by atoms with Gasteiger partial charge in [0, 0.05) is 19.1 Å². The van der Waals surface area contributed by atoms with Crippen LogP contribution in [0.5, 0.6) is 0 Å². The third-order valence-electron chi connectivity index (χ3n) is 3.93. The van der Waals surface area contributed by atoms with Crippen molar-refractivity contribution in [2.75, 3.05) is 26.7 Å². The lowest BCUT2D eigenvalue weighted by Gasteiger charge is -2.37. The molecule has 2 rings (SSSR count). The molecule has 0 spiro atoms. The van der Waals surface area contributed by atoms with Gasteiger partial charge in [0.1, 0.15) is 0 Å². The Morgan fingerprint density at radius 1 is 1.24 bits per heavy atom. The minimum Gasteiger partial charge on any atom is -0.316 e. The van der Waals surface area contributed by atoms with Gasteiger partial charge in [-0.25, -0.2) is 0 Å². The molecule has 2 atom stereocenters. The monoisotopic (exact) mass is 232 g/mol. The average molecular weight is 232 g/mol. The molecule has 17 heavy (non-hydrogen) atoms. The van der Waals surface area contributed by atoms with Crippen molar-refractivity contribution in [1.29, 1.82) is 0 Å². The first-order valence-corrected chi connectivity index (χ1v) is 6.69. The SMILES string of the molecule is CCN1CC(NC)CC(c2ccc(C)cc2)C1. The molecule has 0 amide bonds. The number of benzene rings is 1. The highest BCUT2D eigenvalue weighted by Gasteiger charge is 2.26. The molecule has 1 aliphatic heterocycles. The molecule has 0 bridgehead atoms. The van der Waals surface area contributed by atoms with Crippen LogP contribution in [0.1, 0.15) is 30.4 Å². The molecule has 1 fully saturated rings. The lowest BCUT2D eigenvalue weighted by atomic mass is 9.88. The van der Waals surface area contributed by atoms with Crippen molar-refractivity contribution in [2.24, 2.45) is 0 Å². The van der Waals surface area contributed by atoms with Crippen molar-refractivity contribution >= 4 is 0 Å². The molecule has 1 heterocycles. The van der Waals surface area contributed by atoms with Crippen LogP contribution in [0.3, 0.4) is 0 Å². The van der Waals surface area contributed by atoms with Crippen LogP contribution in [0, 0.1) is 6.92 Å². The summed E-state index contributed by atoms with van der Waals surface area (Å²) < 4.78 is 0. The maximum Gasteiger partial charge on any atom is 0.0198 e. The number of nitrogens with zero attached hydrogens (tertiary/aromatic N) is 1. The summed E-state index contributed by atoms with van der Waals surface area (Å²) in [4.78, 5) is 2.55. The van der Waals surface area contributed by atoms with Gasteiger partial charge in [-0.05, 0) is 38.4 Å². The number of rotatable bonds is 3. The summed E-state index contributed by atoms with van der Waals surface area (Å²) in [6.07, 6.45) is 1.26. The molecule has 0 aromatic heterocycles. The van der Waals surface area contributed by atoms with Crippen LogP contribution in [-0.2, 0) is 0 Å². The maximum absolute atomic E-state index is 3.44. The Bertz CT molecular complexity index is 332. The second kappa shape index (κ2) is 5.65. The van der Waals surface area contributed by atoms with Crippen molar-refractivity contribution in [3.05, 3.63) is 35.4 Å². The molecule has 94 valence electrons. The zero-order valence-corrected chi connectivity index (χ0v) is 11.2. The normalized spacial score (nSPS) is 26.1. The molecule has 1 saturated heterocycles. The summed E-state index contributed by atoms with van der Waals surface area (Å²) in [5.74, 6) is 0.682. The van der Waals surface area contributed by atoms with Gasteiger partial charge in [-0.15, -0.1) is 0 Å². The fourth-order valence-corrected chi connectivity index (χ4v) is 2.74. The zero-order chi connectivity index (χ0) is 12.3. The highest BCUT2D eigenvalue weighted by Crippen LogP contribution is 2.27. The molecule has 2 unspecified atom stereocenters. The number of hydrogen-bond donors (Lipinski definition) is 1. The van der Waals surface area contributed by atoms with E-state index < -0.39 is 0 Å². The van der Waals surface area contributed by atoms with Gasteiger partial charge in [-0.3, -0.25) is 0 Å². The Balaban J connectivity index is 2.11. The third-order valence-corrected chi connectivity index (χ3v) is 3.93. The third kappa shape index (κ3) is 3.08. The molecule has 2 heteroatoms. The Labute approximate surface area is 105 Å². The second-order valence-corrected chi connectivity index (χ2v) is 5.18. The Morgan fingerprint density at radius 3 is 2.53 bits per heavy atom. The van der Waals surface area contributed by atoms with Crippen LogP contribution in [0.15, 0.2) is 24.3 Å². The van der Waals surface area contributed by atoms with Crippen LogP contribution in [-0.4, -0.2) is 37.6 Å². The van der Waals surface area contributed by atoms with E-state index in [1.54, 1.807) is 0 Å². The van der Waals surface area contributed by atoms with Crippen molar-refractivity contribution in [1.82, 2.24) is 10.2 Å². The van der Waals surface area contributed by atoms with Crippen LogP contribution < -0.4 is 5.32 Å². The van der Waals surface area contributed by atoms with E-state index in [2.05, 4.69) is 55.4 Å². The predicted octanol–water partition coefficient (Wildman–Crippen LogP) is 2.39. The van der Waals surface area contributed by atoms with Gasteiger partial charge in [0.05, 0.1) is 0 Å². The van der Waals surface area contributed by atoms with E-state index >= 15 is 0 Å². The Morgan fingerprint density at radius 2 is 1.94 bits per heavy atom. The second-order valence-electron chi connectivity index (χ2n) is 5.18. The number of aryl methyl sites for hydroxylation is 1. The van der Waals surface area contributed by atoms with Gasteiger partial charge < -0.3 is 10.2 Å². The van der Waals surface area contributed by atoms with Gasteiger partial charge >= 0.3 is 0 Å². The zero-order valence-electron chi connectivity index (χ0n) is 11.2. The first-order chi connectivity index (χ1) is 8.22. The van der Waals surface area contributed by atoms with Crippen molar-refractivity contribution < 1.29 is 0 Å². The number of nitrogens with one attached hydrogen (secondary N) is 1. The average Bonchev–Trinajstić information content (AvgIpc) is 2.39. The molecule has 1 aromatic rings. The molecule has 1 aliphatic rings. The molecule has 0 radical (unpaired) electrons. The van der Waals surface area contributed by atoms with Crippen molar-refractivity contribution in [2.45, 2.75) is 32.2 Å². The number of hydrogen-bond acceptors (Lipinski definition) is 2. The minimum atomic E-state index is 0.634. The van der Waals surface area contributed by atoms with Crippen LogP contribution in [0.4, 0.5) is 0 Å². The van der Waals surface area contributed by atoms with Crippen molar-refractivity contribution in [3.8, 4) is 0 Å². The smallest absolute Gasteiger partial charge is 0.0198 e. The fourth-order valence-electron chi connectivity index (χ4n) is 2.74. The lowest BCUT2D eigenvalue weighted by molar-refractivity contribution is 0.183. The molecule has 0 saturated carbocycles. The molecular formula is C15H24N2. The van der Waals surface area contributed by atoms with E-state index in [-0.39, 0.29) is 0 Å². The molecular weight excluding hydrogens is 208 g/mol. The van der Waals surface area contributed by atoms with E-state index in [1.165, 1.54) is 30.6 Å². The van der Waals surface area contributed by atoms with Gasteiger partial charge in [0.2, 0.25) is 0 Å². The molecule has 2 nitrogen and oxygen atoms in total. The summed E-state index contributed by atoms with van der Waals surface area (Å²) in [6, 6.07) is 9.69. The quantitative estimate of drug-likeness (QED) is 0.861. The Hall–Kier alpha value is -0.860. The van der Waals surface area contributed by atoms with E-state index in [9.17, 15) is 0 Å². The summed E-state index contributed by atoms with van der Waals surface area (Å²) in [7, 11) is 2.08. The number of piperidine rings is 1. The van der Waals surface area contributed by atoms with Crippen molar-refractivity contribution in [3.63, 3.8) is 0 Å². The van der Waals surface area contributed by atoms with E-state index in [0.717, 1.165) is 6.54 Å². The van der Waals surface area contributed by atoms with E-state index in [0.29, 0.717) is 12.0 Å². The number of likely N-dealkylation sites (tertiary alicyclic amines) is 1. The number of likely N-dealkylation sites (N-methyl/N-ethyl adjacent to an activating group) is 2. The van der Waals surface area contributed by atoms with Gasteiger partial charge in [-0.1, -0.05) is 36.8 Å². The topological polar surface area (TPSA) is 15.3 Å². The first kappa shape index (κ1) is 12.6. The fraction of sp³-hybridized carbons (Fsp3) is 0.600. The largest absolute Gasteiger partial charge is 0.316 e. The Kier molecular flexibility index (Phi) is 4.19. The minimum absolute atomic E-state index is 0.634. The first-order valence-electron chi connectivity index (χ1n) is 6.69. The van der Waals surface area contributed by atoms with Crippen LogP contribution in [0.25, 0.3) is 0 Å². The highest BCUT2D eigenvalue weighted by atomic mass is 15.2. The van der Waals surface area contributed by atoms with E-state index in [4.69, 9.17) is 0 Å². The highest BCUT2D eigenvalue weighted by molar-refractivity contribution is 5.25. The summed E-state index contributed by atoms with van der Waals surface area (Å²) in [6.45, 7) is 7.96. The van der Waals surface area contributed by atoms with Crippen LogP contribution >= 0.6 is 0 Å². The molecule has 1 aromatic carbocycles. The maximum atomic E-state index is 3.44. The summed E-state index contributed by atoms with van der Waals surface area (Å²) in [5, 5.41) is 3.44. The summed E-state index contributed by atoms with van der Waals surface area (Å²) >= 11 is 0. The molecule has 0 aliphatic carbocycles. The standard InChI is InChI=1S/C15H24N2/c1-4-17-10-14(9-15(11-17)16-3)13-7-5-12(2)6-8-13/h5-8,14-16H,4,9-11H2,1-3H3. The van der Waals surface area contributed by atoms with Crippen LogP contribution in [0.2, 0.25) is 0 Å².